The van der Waals surface area contributed by atoms with Crippen LogP contribution in [0.5, 0.6) is 0 Å². The standard InChI is InChI=1S/C13H22N4O2/c18-7-6-17(8-11-2-1-5-14-11)9-12-15-13(16-19-12)10-3-4-10/h10-11,14,18H,1-9H2. The molecular formula is C13H22N4O2. The fourth-order valence-corrected chi connectivity index (χ4v) is 2.63. The molecule has 1 atom stereocenters. The molecule has 2 heterocycles. The minimum absolute atomic E-state index is 0.163. The highest BCUT2D eigenvalue weighted by Crippen LogP contribution is 2.38. The molecule has 1 aliphatic carbocycles. The number of hydrogen-bond donors (Lipinski definition) is 2. The van der Waals surface area contributed by atoms with Crippen LogP contribution in [-0.2, 0) is 6.54 Å². The third kappa shape index (κ3) is 3.52. The molecule has 6 heteroatoms. The van der Waals surface area contributed by atoms with Crippen LogP contribution in [-0.4, -0.2) is 52.4 Å². The van der Waals surface area contributed by atoms with Gasteiger partial charge < -0.3 is 14.9 Å². The molecule has 19 heavy (non-hydrogen) atoms. The quantitative estimate of drug-likeness (QED) is 0.748. The molecule has 0 radical (unpaired) electrons. The molecule has 1 aromatic rings. The average Bonchev–Trinajstić information content (AvgIpc) is 2.93. The Hall–Kier alpha value is -0.980. The largest absolute Gasteiger partial charge is 0.395 e. The van der Waals surface area contributed by atoms with E-state index in [2.05, 4.69) is 20.4 Å². The first kappa shape index (κ1) is 13.0. The summed E-state index contributed by atoms with van der Waals surface area (Å²) in [4.78, 5) is 6.64. The zero-order valence-electron chi connectivity index (χ0n) is 11.2. The predicted octanol–water partition coefficient (Wildman–Crippen LogP) is 0.493. The molecule has 0 amide bonds. The number of nitrogens with one attached hydrogen (secondary N) is 1. The first-order chi connectivity index (χ1) is 9.35. The van der Waals surface area contributed by atoms with Crippen LogP contribution in [0, 0.1) is 0 Å². The summed E-state index contributed by atoms with van der Waals surface area (Å²) in [5.41, 5.74) is 0. The molecular weight excluding hydrogens is 244 g/mol. The van der Waals surface area contributed by atoms with Gasteiger partial charge in [0, 0.05) is 25.0 Å². The highest BCUT2D eigenvalue weighted by molar-refractivity contribution is 5.03. The summed E-state index contributed by atoms with van der Waals surface area (Å²) >= 11 is 0. The first-order valence-electron chi connectivity index (χ1n) is 7.24. The van der Waals surface area contributed by atoms with E-state index >= 15 is 0 Å². The summed E-state index contributed by atoms with van der Waals surface area (Å²) in [5.74, 6) is 2.06. The summed E-state index contributed by atoms with van der Waals surface area (Å²) in [6.07, 6.45) is 4.82. The first-order valence-corrected chi connectivity index (χ1v) is 7.24. The van der Waals surface area contributed by atoms with Gasteiger partial charge in [0.2, 0.25) is 5.89 Å². The maximum Gasteiger partial charge on any atom is 0.240 e. The summed E-state index contributed by atoms with van der Waals surface area (Å²) < 4.78 is 5.30. The number of hydrogen-bond acceptors (Lipinski definition) is 6. The second kappa shape index (κ2) is 5.98. The Labute approximate surface area is 113 Å². The lowest BCUT2D eigenvalue weighted by Crippen LogP contribution is -2.38. The van der Waals surface area contributed by atoms with E-state index in [4.69, 9.17) is 9.63 Å². The van der Waals surface area contributed by atoms with E-state index in [1.165, 1.54) is 25.7 Å². The van der Waals surface area contributed by atoms with E-state index in [1.807, 2.05) is 0 Å². The Morgan fingerprint density at radius 1 is 1.37 bits per heavy atom. The van der Waals surface area contributed by atoms with Crippen molar-refractivity contribution in [2.24, 2.45) is 0 Å². The Balaban J connectivity index is 1.55. The fraction of sp³-hybridized carbons (Fsp3) is 0.846. The monoisotopic (exact) mass is 266 g/mol. The molecule has 6 nitrogen and oxygen atoms in total. The van der Waals surface area contributed by atoms with Crippen molar-refractivity contribution in [3.05, 3.63) is 11.7 Å². The van der Waals surface area contributed by atoms with Gasteiger partial charge in [0.05, 0.1) is 13.2 Å². The molecule has 1 unspecified atom stereocenters. The van der Waals surface area contributed by atoms with Gasteiger partial charge in [-0.05, 0) is 32.2 Å². The molecule has 1 saturated heterocycles. The number of aliphatic hydroxyl groups excluding tert-OH is 1. The lowest BCUT2D eigenvalue weighted by molar-refractivity contribution is 0.163. The SMILES string of the molecule is OCCN(Cc1nc(C2CC2)no1)CC1CCCN1. The maximum absolute atomic E-state index is 9.16. The summed E-state index contributed by atoms with van der Waals surface area (Å²) in [6, 6.07) is 0.525. The van der Waals surface area contributed by atoms with E-state index in [1.54, 1.807) is 0 Å². The van der Waals surface area contributed by atoms with Gasteiger partial charge in [0.15, 0.2) is 5.82 Å². The number of rotatable bonds is 7. The van der Waals surface area contributed by atoms with Crippen LogP contribution in [0.4, 0.5) is 0 Å². The summed E-state index contributed by atoms with van der Waals surface area (Å²) in [7, 11) is 0. The molecule has 106 valence electrons. The Morgan fingerprint density at radius 2 is 2.26 bits per heavy atom. The van der Waals surface area contributed by atoms with Crippen LogP contribution in [0.25, 0.3) is 0 Å². The summed E-state index contributed by atoms with van der Waals surface area (Å²) in [6.45, 7) is 3.49. The minimum Gasteiger partial charge on any atom is -0.395 e. The molecule has 0 spiro atoms. The minimum atomic E-state index is 0.163. The third-order valence-electron chi connectivity index (χ3n) is 3.84. The van der Waals surface area contributed by atoms with Gasteiger partial charge in [-0.3, -0.25) is 4.90 Å². The highest BCUT2D eigenvalue weighted by atomic mass is 16.5. The van der Waals surface area contributed by atoms with Gasteiger partial charge in [0.25, 0.3) is 0 Å². The molecule has 1 saturated carbocycles. The van der Waals surface area contributed by atoms with Crippen molar-refractivity contribution in [2.75, 3.05) is 26.2 Å². The van der Waals surface area contributed by atoms with Crippen molar-refractivity contribution in [3.63, 3.8) is 0 Å². The second-order valence-electron chi connectivity index (χ2n) is 5.57. The maximum atomic E-state index is 9.16. The molecule has 0 aromatic carbocycles. The molecule has 3 rings (SSSR count). The number of nitrogens with zero attached hydrogens (tertiary/aromatic N) is 3. The lowest BCUT2D eigenvalue weighted by Gasteiger charge is -2.23. The third-order valence-corrected chi connectivity index (χ3v) is 3.84. The van der Waals surface area contributed by atoms with E-state index in [-0.39, 0.29) is 6.61 Å². The van der Waals surface area contributed by atoms with Gasteiger partial charge in [-0.1, -0.05) is 5.16 Å². The van der Waals surface area contributed by atoms with E-state index in [0.29, 0.717) is 30.9 Å². The van der Waals surface area contributed by atoms with Crippen LogP contribution in [0.2, 0.25) is 0 Å². The van der Waals surface area contributed by atoms with Gasteiger partial charge in [0.1, 0.15) is 0 Å². The van der Waals surface area contributed by atoms with Crippen molar-refractivity contribution in [3.8, 4) is 0 Å². The molecule has 1 aliphatic heterocycles. The van der Waals surface area contributed by atoms with Crippen LogP contribution >= 0.6 is 0 Å². The summed E-state index contributed by atoms with van der Waals surface area (Å²) in [5, 5.41) is 16.7. The lowest BCUT2D eigenvalue weighted by atomic mass is 10.2. The van der Waals surface area contributed by atoms with Gasteiger partial charge >= 0.3 is 0 Å². The zero-order valence-corrected chi connectivity index (χ0v) is 11.2. The van der Waals surface area contributed by atoms with Crippen LogP contribution in [0.3, 0.4) is 0 Å². The van der Waals surface area contributed by atoms with Crippen LogP contribution < -0.4 is 5.32 Å². The second-order valence-corrected chi connectivity index (χ2v) is 5.57. The van der Waals surface area contributed by atoms with Gasteiger partial charge in [-0.25, -0.2) is 0 Å². The number of aromatic nitrogens is 2. The van der Waals surface area contributed by atoms with Crippen molar-refractivity contribution in [2.45, 2.75) is 44.2 Å². The topological polar surface area (TPSA) is 74.4 Å². The Kier molecular flexibility index (Phi) is 4.10. The fourth-order valence-electron chi connectivity index (χ4n) is 2.63. The van der Waals surface area contributed by atoms with Crippen molar-refractivity contribution in [1.82, 2.24) is 20.4 Å². The van der Waals surface area contributed by atoms with Crippen LogP contribution in [0.15, 0.2) is 4.52 Å². The zero-order chi connectivity index (χ0) is 13.1. The highest BCUT2D eigenvalue weighted by Gasteiger charge is 2.29. The van der Waals surface area contributed by atoms with Gasteiger partial charge in [-0.2, -0.15) is 4.98 Å². The van der Waals surface area contributed by atoms with Gasteiger partial charge in [-0.15, -0.1) is 0 Å². The molecule has 2 N–H and O–H groups in total. The van der Waals surface area contributed by atoms with Crippen molar-refractivity contribution in [1.29, 1.82) is 0 Å². The molecule has 1 aromatic heterocycles. The van der Waals surface area contributed by atoms with E-state index < -0.39 is 0 Å². The Bertz CT molecular complexity index is 399. The van der Waals surface area contributed by atoms with Crippen LogP contribution in [0.1, 0.15) is 43.3 Å². The number of aliphatic hydroxyl groups is 1. The van der Waals surface area contributed by atoms with Crippen molar-refractivity contribution >= 4 is 0 Å². The molecule has 0 bridgehead atoms. The smallest absolute Gasteiger partial charge is 0.240 e. The molecule has 2 fully saturated rings. The Morgan fingerprint density at radius 3 is 2.95 bits per heavy atom. The molecule has 2 aliphatic rings. The van der Waals surface area contributed by atoms with Crippen molar-refractivity contribution < 1.29 is 9.63 Å². The normalized spacial score (nSPS) is 23.4. The average molecular weight is 266 g/mol. The predicted molar refractivity (Wildman–Crippen MR) is 69.7 cm³/mol. The van der Waals surface area contributed by atoms with E-state index in [9.17, 15) is 0 Å². The van der Waals surface area contributed by atoms with E-state index in [0.717, 1.165) is 18.9 Å².